The van der Waals surface area contributed by atoms with Gasteiger partial charge in [-0.05, 0) is 12.8 Å². The lowest BCUT2D eigenvalue weighted by molar-refractivity contribution is 0.708. The fourth-order valence-corrected chi connectivity index (χ4v) is 3.71. The quantitative estimate of drug-likeness (QED) is 0.890. The van der Waals surface area contributed by atoms with Gasteiger partial charge in [0.25, 0.3) is 5.56 Å². The van der Waals surface area contributed by atoms with Gasteiger partial charge in [-0.3, -0.25) is 13.9 Å². The highest BCUT2D eigenvalue weighted by molar-refractivity contribution is 7.99. The van der Waals surface area contributed by atoms with E-state index in [-0.39, 0.29) is 11.2 Å². The van der Waals surface area contributed by atoms with E-state index in [1.807, 2.05) is 0 Å². The van der Waals surface area contributed by atoms with Crippen LogP contribution in [0.2, 0.25) is 0 Å². The number of nitrogens with one attached hydrogen (secondary N) is 1. The third-order valence-electron chi connectivity index (χ3n) is 3.65. The predicted octanol–water partition coefficient (Wildman–Crippen LogP) is 0.995. The molecule has 1 aliphatic carbocycles. The Bertz CT molecular complexity index is 736. The Hall–Kier alpha value is -1.50. The van der Waals surface area contributed by atoms with E-state index in [4.69, 9.17) is 0 Å². The molecule has 1 aliphatic rings. The molecule has 2 aromatic rings. The van der Waals surface area contributed by atoms with Gasteiger partial charge in [-0.25, -0.2) is 9.78 Å². The van der Waals surface area contributed by atoms with Crippen molar-refractivity contribution in [3.63, 3.8) is 0 Å². The van der Waals surface area contributed by atoms with Gasteiger partial charge in [0, 0.05) is 19.3 Å². The van der Waals surface area contributed by atoms with Crippen molar-refractivity contribution in [1.29, 1.82) is 0 Å². The number of aryl methyl sites for hydroxylation is 1. The number of imidazole rings is 1. The Kier molecular flexibility index (Phi) is 3.00. The molecule has 1 N–H and O–H groups in total. The van der Waals surface area contributed by atoms with E-state index in [0.29, 0.717) is 16.4 Å². The first-order valence-corrected chi connectivity index (χ1v) is 7.28. The number of fused-ring (bicyclic) bond motifs is 1. The molecule has 0 saturated heterocycles. The predicted molar refractivity (Wildman–Crippen MR) is 74.7 cm³/mol. The highest BCUT2D eigenvalue weighted by atomic mass is 32.2. The Balaban J connectivity index is 2.10. The van der Waals surface area contributed by atoms with Crippen molar-refractivity contribution < 1.29 is 0 Å². The summed E-state index contributed by atoms with van der Waals surface area (Å²) in [5.74, 6) is 0. The Morgan fingerprint density at radius 1 is 1.21 bits per heavy atom. The summed E-state index contributed by atoms with van der Waals surface area (Å²) in [6.45, 7) is 0. The van der Waals surface area contributed by atoms with Crippen LogP contribution in [0.4, 0.5) is 0 Å². The van der Waals surface area contributed by atoms with E-state index < -0.39 is 0 Å². The van der Waals surface area contributed by atoms with Crippen molar-refractivity contribution in [3.8, 4) is 0 Å². The normalized spacial score (nSPS) is 16.5. The second kappa shape index (κ2) is 4.56. The minimum Gasteiger partial charge on any atom is -0.327 e. The number of thioether (sulfide) groups is 1. The Labute approximate surface area is 113 Å². The third-order valence-corrected chi connectivity index (χ3v) is 4.87. The van der Waals surface area contributed by atoms with E-state index in [1.165, 1.54) is 37.3 Å². The molecule has 0 spiro atoms. The second-order valence-electron chi connectivity index (χ2n) is 4.97. The lowest BCUT2D eigenvalue weighted by atomic mass is 10.4. The van der Waals surface area contributed by atoms with Gasteiger partial charge in [-0.15, -0.1) is 0 Å². The van der Waals surface area contributed by atoms with E-state index in [0.717, 1.165) is 9.72 Å². The van der Waals surface area contributed by atoms with Gasteiger partial charge in [0.05, 0.1) is 0 Å². The average Bonchev–Trinajstić information content (AvgIpc) is 3.04. The topological polar surface area (TPSA) is 72.7 Å². The monoisotopic (exact) mass is 280 g/mol. The highest BCUT2D eigenvalue weighted by Gasteiger charge is 2.19. The van der Waals surface area contributed by atoms with Crippen molar-refractivity contribution in [1.82, 2.24) is 19.1 Å². The van der Waals surface area contributed by atoms with Gasteiger partial charge in [0.1, 0.15) is 0 Å². The van der Waals surface area contributed by atoms with Crippen molar-refractivity contribution in [2.24, 2.45) is 14.1 Å². The molecule has 1 saturated carbocycles. The van der Waals surface area contributed by atoms with Crippen LogP contribution in [0.1, 0.15) is 25.7 Å². The maximum atomic E-state index is 12.0. The number of rotatable bonds is 2. The first kappa shape index (κ1) is 12.5. The van der Waals surface area contributed by atoms with E-state index >= 15 is 0 Å². The van der Waals surface area contributed by atoms with Crippen LogP contribution in [0.25, 0.3) is 11.2 Å². The van der Waals surface area contributed by atoms with Gasteiger partial charge in [-0.2, -0.15) is 0 Å². The largest absolute Gasteiger partial charge is 0.332 e. The van der Waals surface area contributed by atoms with Crippen LogP contribution >= 0.6 is 11.8 Å². The number of hydrogen-bond acceptors (Lipinski definition) is 4. The molecule has 0 amide bonds. The summed E-state index contributed by atoms with van der Waals surface area (Å²) in [7, 11) is 3.11. The SMILES string of the molecule is Cn1c(=O)c2[nH]c(SC3CCCC3)nc2n(C)c1=O. The molecule has 0 aromatic carbocycles. The molecule has 0 bridgehead atoms. The minimum atomic E-state index is -0.346. The molecule has 102 valence electrons. The summed E-state index contributed by atoms with van der Waals surface area (Å²) in [5, 5.41) is 1.31. The van der Waals surface area contributed by atoms with E-state index in [9.17, 15) is 9.59 Å². The lowest BCUT2D eigenvalue weighted by Crippen LogP contribution is -2.36. The summed E-state index contributed by atoms with van der Waals surface area (Å²) in [4.78, 5) is 31.3. The van der Waals surface area contributed by atoms with Crippen LogP contribution in [0.3, 0.4) is 0 Å². The molecule has 0 aliphatic heterocycles. The summed E-state index contributed by atoms with van der Waals surface area (Å²) >= 11 is 1.68. The molecule has 2 heterocycles. The second-order valence-corrected chi connectivity index (χ2v) is 6.26. The molecule has 6 nitrogen and oxygen atoms in total. The number of hydrogen-bond donors (Lipinski definition) is 1. The molecule has 1 fully saturated rings. The Morgan fingerprint density at radius 2 is 1.89 bits per heavy atom. The van der Waals surface area contributed by atoms with E-state index in [2.05, 4.69) is 9.97 Å². The number of aromatic nitrogens is 4. The number of H-pyrrole nitrogens is 1. The van der Waals surface area contributed by atoms with Crippen LogP contribution in [-0.4, -0.2) is 24.4 Å². The first-order chi connectivity index (χ1) is 9.08. The maximum Gasteiger partial charge on any atom is 0.332 e. The molecule has 2 aromatic heterocycles. The van der Waals surface area contributed by atoms with Crippen LogP contribution in [-0.2, 0) is 14.1 Å². The molecule has 0 atom stereocenters. The number of aromatic amines is 1. The molecule has 7 heteroatoms. The van der Waals surface area contributed by atoms with Crippen molar-refractivity contribution >= 4 is 22.9 Å². The number of nitrogens with zero attached hydrogens (tertiary/aromatic N) is 3. The lowest BCUT2D eigenvalue weighted by Gasteiger charge is -2.03. The molecule has 19 heavy (non-hydrogen) atoms. The summed E-state index contributed by atoms with van der Waals surface area (Å²) in [6.07, 6.45) is 4.91. The van der Waals surface area contributed by atoms with Crippen LogP contribution in [0, 0.1) is 0 Å². The van der Waals surface area contributed by atoms with Gasteiger partial charge < -0.3 is 4.98 Å². The molecule has 3 rings (SSSR count). The highest BCUT2D eigenvalue weighted by Crippen LogP contribution is 2.33. The van der Waals surface area contributed by atoms with Gasteiger partial charge in [-0.1, -0.05) is 24.6 Å². The van der Waals surface area contributed by atoms with Crippen LogP contribution in [0.15, 0.2) is 14.7 Å². The molecule has 0 radical (unpaired) electrons. The maximum absolute atomic E-state index is 12.0. The van der Waals surface area contributed by atoms with Gasteiger partial charge >= 0.3 is 5.69 Å². The molecular formula is C12H16N4O2S. The summed E-state index contributed by atoms with van der Waals surface area (Å²) in [6, 6.07) is 0. The average molecular weight is 280 g/mol. The zero-order valence-corrected chi connectivity index (χ0v) is 11.8. The van der Waals surface area contributed by atoms with E-state index in [1.54, 1.807) is 18.8 Å². The summed E-state index contributed by atoms with van der Waals surface area (Å²) in [5.41, 5.74) is 0.184. The van der Waals surface area contributed by atoms with Crippen LogP contribution in [0.5, 0.6) is 0 Å². The third kappa shape index (κ3) is 2.01. The minimum absolute atomic E-state index is 0.316. The van der Waals surface area contributed by atoms with Gasteiger partial charge in [0.2, 0.25) is 0 Å². The Morgan fingerprint density at radius 3 is 2.58 bits per heavy atom. The first-order valence-electron chi connectivity index (χ1n) is 6.40. The fourth-order valence-electron chi connectivity index (χ4n) is 2.52. The van der Waals surface area contributed by atoms with Crippen molar-refractivity contribution in [3.05, 3.63) is 20.8 Å². The van der Waals surface area contributed by atoms with Crippen molar-refractivity contribution in [2.75, 3.05) is 0 Å². The zero-order valence-electron chi connectivity index (χ0n) is 11.0. The summed E-state index contributed by atoms with van der Waals surface area (Å²) < 4.78 is 2.51. The van der Waals surface area contributed by atoms with Crippen LogP contribution < -0.4 is 11.2 Å². The molecule has 0 unspecified atom stereocenters. The standard InChI is InChI=1S/C12H16N4O2S/c1-15-9-8(10(17)16(2)12(15)18)13-11(14-9)19-7-5-3-4-6-7/h7H,3-6H2,1-2H3,(H,13,14). The zero-order chi connectivity index (χ0) is 13.6. The molecular weight excluding hydrogens is 264 g/mol. The van der Waals surface area contributed by atoms with Gasteiger partial charge in [0.15, 0.2) is 16.3 Å². The van der Waals surface area contributed by atoms with Crippen molar-refractivity contribution in [2.45, 2.75) is 36.1 Å². The smallest absolute Gasteiger partial charge is 0.327 e. The fraction of sp³-hybridized carbons (Fsp3) is 0.583.